The standard InChI is InChI=1S/C15H17N3O4S/c1-8-13-11(15(19)20)6-12(9-2-3-9)16-14(13)18(17-8)10-4-5-23(21,22)7-10/h6,9-10H,2-5,7H2,1H3,(H,19,20)/t10-/m0/s1. The number of aryl methyl sites for hydroxylation is 1. The van der Waals surface area contributed by atoms with E-state index in [2.05, 4.69) is 10.1 Å². The van der Waals surface area contributed by atoms with Crippen LogP contribution in [0.5, 0.6) is 0 Å². The first-order valence-corrected chi connectivity index (χ1v) is 9.51. The summed E-state index contributed by atoms with van der Waals surface area (Å²) in [4.78, 5) is 16.3. The zero-order valence-electron chi connectivity index (χ0n) is 12.7. The van der Waals surface area contributed by atoms with Gasteiger partial charge in [0.05, 0.1) is 34.2 Å². The normalized spacial score (nSPS) is 23.4. The van der Waals surface area contributed by atoms with Crippen LogP contribution in [0.15, 0.2) is 6.07 Å². The summed E-state index contributed by atoms with van der Waals surface area (Å²) in [7, 11) is -3.05. The fourth-order valence-corrected chi connectivity index (χ4v) is 5.00. The summed E-state index contributed by atoms with van der Waals surface area (Å²) >= 11 is 0. The second kappa shape index (κ2) is 4.77. The molecule has 2 fully saturated rings. The molecule has 2 aliphatic rings. The van der Waals surface area contributed by atoms with Crippen LogP contribution in [0, 0.1) is 6.92 Å². The van der Waals surface area contributed by atoms with Crippen LogP contribution in [0.3, 0.4) is 0 Å². The lowest BCUT2D eigenvalue weighted by atomic mass is 10.1. The Labute approximate surface area is 133 Å². The van der Waals surface area contributed by atoms with Crippen molar-refractivity contribution in [1.82, 2.24) is 14.8 Å². The van der Waals surface area contributed by atoms with Crippen molar-refractivity contribution in [1.29, 1.82) is 0 Å². The van der Waals surface area contributed by atoms with Crippen molar-refractivity contribution in [2.24, 2.45) is 0 Å². The number of pyridine rings is 1. The van der Waals surface area contributed by atoms with Gasteiger partial charge in [-0.05, 0) is 32.3 Å². The molecule has 0 aromatic carbocycles. The molecule has 0 radical (unpaired) electrons. The lowest BCUT2D eigenvalue weighted by Gasteiger charge is -2.10. The fourth-order valence-electron chi connectivity index (χ4n) is 3.31. The highest BCUT2D eigenvalue weighted by molar-refractivity contribution is 7.91. The number of carboxylic acid groups (broad SMARTS) is 1. The number of carboxylic acids is 1. The van der Waals surface area contributed by atoms with Crippen molar-refractivity contribution in [3.8, 4) is 0 Å². The zero-order valence-corrected chi connectivity index (χ0v) is 13.5. The molecule has 2 aromatic heterocycles. The van der Waals surface area contributed by atoms with Gasteiger partial charge in [-0.25, -0.2) is 22.9 Å². The molecule has 122 valence electrons. The van der Waals surface area contributed by atoms with Crippen molar-refractivity contribution in [3.63, 3.8) is 0 Å². The molecule has 4 rings (SSSR count). The first kappa shape index (κ1) is 14.6. The summed E-state index contributed by atoms with van der Waals surface area (Å²) in [5, 5.41) is 14.5. The molecular weight excluding hydrogens is 318 g/mol. The van der Waals surface area contributed by atoms with Gasteiger partial charge >= 0.3 is 5.97 Å². The van der Waals surface area contributed by atoms with Gasteiger partial charge in [-0.2, -0.15) is 5.10 Å². The third-order valence-corrected chi connectivity index (χ3v) is 6.39. The van der Waals surface area contributed by atoms with E-state index in [0.717, 1.165) is 18.5 Å². The smallest absolute Gasteiger partial charge is 0.336 e. The number of hydrogen-bond acceptors (Lipinski definition) is 5. The van der Waals surface area contributed by atoms with Crippen molar-refractivity contribution in [3.05, 3.63) is 23.0 Å². The van der Waals surface area contributed by atoms with Crippen LogP contribution in [0.25, 0.3) is 11.0 Å². The molecule has 0 amide bonds. The average molecular weight is 335 g/mol. The molecule has 0 spiro atoms. The third kappa shape index (κ3) is 2.41. The van der Waals surface area contributed by atoms with Crippen molar-refractivity contribution in [2.45, 2.75) is 38.1 Å². The number of fused-ring (bicyclic) bond motifs is 1. The van der Waals surface area contributed by atoms with Crippen LogP contribution in [-0.4, -0.2) is 45.8 Å². The maximum absolute atomic E-state index is 11.8. The van der Waals surface area contributed by atoms with Gasteiger partial charge in [-0.3, -0.25) is 0 Å². The molecule has 1 aliphatic carbocycles. The number of carbonyl (C=O) groups is 1. The number of aromatic nitrogens is 3. The molecule has 8 heteroatoms. The van der Waals surface area contributed by atoms with Gasteiger partial charge in [0.1, 0.15) is 0 Å². The Morgan fingerprint density at radius 1 is 1.35 bits per heavy atom. The highest BCUT2D eigenvalue weighted by Gasteiger charge is 2.33. The number of nitrogens with zero attached hydrogens (tertiary/aromatic N) is 3. The van der Waals surface area contributed by atoms with Gasteiger partial charge in [-0.15, -0.1) is 0 Å². The second-order valence-corrected chi connectivity index (χ2v) is 8.69. The molecule has 23 heavy (non-hydrogen) atoms. The van der Waals surface area contributed by atoms with E-state index in [9.17, 15) is 18.3 Å². The van der Waals surface area contributed by atoms with E-state index in [0.29, 0.717) is 29.1 Å². The molecule has 3 heterocycles. The minimum absolute atomic E-state index is 0.0426. The lowest BCUT2D eigenvalue weighted by Crippen LogP contribution is -2.13. The largest absolute Gasteiger partial charge is 0.478 e. The Kier molecular flexibility index (Phi) is 3.03. The lowest BCUT2D eigenvalue weighted by molar-refractivity contribution is 0.0698. The monoisotopic (exact) mass is 335 g/mol. The quantitative estimate of drug-likeness (QED) is 0.915. The van der Waals surface area contributed by atoms with Crippen molar-refractivity contribution < 1.29 is 18.3 Å². The number of rotatable bonds is 3. The average Bonchev–Trinajstić information content (AvgIpc) is 3.20. The predicted molar refractivity (Wildman–Crippen MR) is 83.5 cm³/mol. The van der Waals surface area contributed by atoms with Crippen LogP contribution < -0.4 is 0 Å². The van der Waals surface area contributed by atoms with E-state index < -0.39 is 15.8 Å². The summed E-state index contributed by atoms with van der Waals surface area (Å²) in [6.45, 7) is 1.74. The first-order valence-electron chi connectivity index (χ1n) is 7.69. The van der Waals surface area contributed by atoms with Gasteiger partial charge < -0.3 is 5.11 Å². The van der Waals surface area contributed by atoms with Gasteiger partial charge in [0.15, 0.2) is 15.5 Å². The van der Waals surface area contributed by atoms with E-state index in [1.807, 2.05) is 0 Å². The summed E-state index contributed by atoms with van der Waals surface area (Å²) < 4.78 is 25.2. The van der Waals surface area contributed by atoms with Crippen molar-refractivity contribution >= 4 is 26.8 Å². The number of hydrogen-bond donors (Lipinski definition) is 1. The minimum atomic E-state index is -3.05. The van der Waals surface area contributed by atoms with Crippen LogP contribution in [-0.2, 0) is 9.84 Å². The van der Waals surface area contributed by atoms with Crippen molar-refractivity contribution in [2.75, 3.05) is 11.5 Å². The zero-order chi connectivity index (χ0) is 16.4. The molecule has 0 bridgehead atoms. The molecule has 1 aliphatic heterocycles. The van der Waals surface area contributed by atoms with Gasteiger partial charge in [0, 0.05) is 11.6 Å². The van der Waals surface area contributed by atoms with Crippen LogP contribution in [0.4, 0.5) is 0 Å². The third-order valence-electron chi connectivity index (χ3n) is 4.64. The summed E-state index contributed by atoms with van der Waals surface area (Å²) in [5.41, 5.74) is 2.07. The Morgan fingerprint density at radius 3 is 2.65 bits per heavy atom. The Hall–Kier alpha value is -1.96. The molecule has 7 nitrogen and oxygen atoms in total. The van der Waals surface area contributed by atoms with Gasteiger partial charge in [0.2, 0.25) is 0 Å². The van der Waals surface area contributed by atoms with Gasteiger partial charge in [0.25, 0.3) is 0 Å². The molecular formula is C15H17N3O4S. The molecule has 0 unspecified atom stereocenters. The fraction of sp³-hybridized carbons (Fsp3) is 0.533. The maximum Gasteiger partial charge on any atom is 0.336 e. The first-order chi connectivity index (χ1) is 10.9. The van der Waals surface area contributed by atoms with E-state index >= 15 is 0 Å². The van der Waals surface area contributed by atoms with E-state index in [4.69, 9.17) is 0 Å². The van der Waals surface area contributed by atoms with E-state index in [1.54, 1.807) is 17.7 Å². The number of sulfone groups is 1. The maximum atomic E-state index is 11.8. The highest BCUT2D eigenvalue weighted by Crippen LogP contribution is 2.41. The predicted octanol–water partition coefficient (Wildman–Crippen LogP) is 1.67. The minimum Gasteiger partial charge on any atom is -0.478 e. The summed E-state index contributed by atoms with van der Waals surface area (Å²) in [6.07, 6.45) is 2.53. The molecule has 1 saturated heterocycles. The second-order valence-electron chi connectivity index (χ2n) is 6.46. The summed E-state index contributed by atoms with van der Waals surface area (Å²) in [5.74, 6) is -0.498. The molecule has 1 atom stereocenters. The number of aromatic carboxylic acids is 1. The molecule has 2 aromatic rings. The van der Waals surface area contributed by atoms with Crippen LogP contribution in [0.2, 0.25) is 0 Å². The van der Waals surface area contributed by atoms with E-state index in [-0.39, 0.29) is 23.1 Å². The van der Waals surface area contributed by atoms with E-state index in [1.165, 1.54) is 0 Å². The van der Waals surface area contributed by atoms with Crippen LogP contribution in [0.1, 0.15) is 53.0 Å². The Balaban J connectivity index is 1.94. The molecule has 1 N–H and O–H groups in total. The summed E-state index contributed by atoms with van der Waals surface area (Å²) in [6, 6.07) is 1.38. The Morgan fingerprint density at radius 2 is 2.09 bits per heavy atom. The highest BCUT2D eigenvalue weighted by atomic mass is 32.2. The van der Waals surface area contributed by atoms with Crippen LogP contribution >= 0.6 is 0 Å². The Bertz CT molecular complexity index is 928. The van der Waals surface area contributed by atoms with Gasteiger partial charge in [-0.1, -0.05) is 0 Å². The topological polar surface area (TPSA) is 102 Å². The molecule has 1 saturated carbocycles. The SMILES string of the molecule is Cc1nn([C@H]2CCS(=O)(=O)C2)c2nc(C3CC3)cc(C(=O)O)c12.